The number of aromatic nitrogens is 2. The number of anilines is 1. The lowest BCUT2D eigenvalue weighted by Gasteiger charge is -2.11. The zero-order chi connectivity index (χ0) is 12.3. The fourth-order valence-corrected chi connectivity index (χ4v) is 2.66. The zero-order valence-corrected chi connectivity index (χ0v) is 11.6. The zero-order valence-electron chi connectivity index (χ0n) is 9.98. The first-order valence-corrected chi connectivity index (χ1v) is 6.84. The van der Waals surface area contributed by atoms with Gasteiger partial charge in [-0.25, -0.2) is 4.98 Å². The van der Waals surface area contributed by atoms with Crippen LogP contribution >= 0.6 is 22.9 Å². The van der Waals surface area contributed by atoms with Gasteiger partial charge in [0.25, 0.3) is 0 Å². The fourth-order valence-electron chi connectivity index (χ4n) is 1.63. The van der Waals surface area contributed by atoms with Crippen molar-refractivity contribution >= 4 is 28.9 Å². The summed E-state index contributed by atoms with van der Waals surface area (Å²) in [5.41, 5.74) is 0. The van der Waals surface area contributed by atoms with Gasteiger partial charge in [0.15, 0.2) is 0 Å². The van der Waals surface area contributed by atoms with Gasteiger partial charge in [-0.1, -0.05) is 25.4 Å². The molecule has 0 spiro atoms. The van der Waals surface area contributed by atoms with Gasteiger partial charge in [-0.05, 0) is 18.1 Å². The molecule has 0 radical (unpaired) electrons. The summed E-state index contributed by atoms with van der Waals surface area (Å²) < 4.78 is 2.96. The highest BCUT2D eigenvalue weighted by Crippen LogP contribution is 2.22. The summed E-state index contributed by atoms with van der Waals surface area (Å²) in [5, 5.41) is 3.33. The molecule has 0 aliphatic heterocycles. The second kappa shape index (κ2) is 5.56. The number of imidazole rings is 1. The number of thiophene rings is 1. The van der Waals surface area contributed by atoms with Gasteiger partial charge in [-0.15, -0.1) is 11.3 Å². The van der Waals surface area contributed by atoms with Gasteiger partial charge in [-0.2, -0.15) is 0 Å². The SMILES string of the molecule is CC(C)Cn1ccnc1NCc1ccc(Cl)s1. The maximum atomic E-state index is 5.89. The monoisotopic (exact) mass is 269 g/mol. The molecule has 0 aliphatic carbocycles. The third kappa shape index (κ3) is 3.48. The lowest BCUT2D eigenvalue weighted by molar-refractivity contribution is 0.526. The van der Waals surface area contributed by atoms with E-state index in [0.29, 0.717) is 5.92 Å². The maximum Gasteiger partial charge on any atom is 0.203 e. The molecule has 0 unspecified atom stereocenters. The summed E-state index contributed by atoms with van der Waals surface area (Å²) in [4.78, 5) is 5.53. The Balaban J connectivity index is 1.97. The van der Waals surface area contributed by atoms with Crippen molar-refractivity contribution in [1.82, 2.24) is 9.55 Å². The summed E-state index contributed by atoms with van der Waals surface area (Å²) in [5.74, 6) is 1.53. The van der Waals surface area contributed by atoms with E-state index >= 15 is 0 Å². The molecule has 0 saturated heterocycles. The van der Waals surface area contributed by atoms with Gasteiger partial charge in [0.05, 0.1) is 10.9 Å². The first kappa shape index (κ1) is 12.5. The molecule has 2 heterocycles. The lowest BCUT2D eigenvalue weighted by atomic mass is 10.2. The molecule has 0 saturated carbocycles. The molecule has 1 N–H and O–H groups in total. The topological polar surface area (TPSA) is 29.9 Å². The van der Waals surface area contributed by atoms with Crippen LogP contribution in [0.3, 0.4) is 0 Å². The highest BCUT2D eigenvalue weighted by atomic mass is 35.5. The molecule has 2 aromatic rings. The van der Waals surface area contributed by atoms with Crippen LogP contribution in [0.15, 0.2) is 24.5 Å². The first-order chi connectivity index (χ1) is 8.15. The second-order valence-electron chi connectivity index (χ2n) is 4.36. The summed E-state index contributed by atoms with van der Waals surface area (Å²) in [6.45, 7) is 6.14. The van der Waals surface area contributed by atoms with Crippen molar-refractivity contribution in [3.8, 4) is 0 Å². The highest BCUT2D eigenvalue weighted by molar-refractivity contribution is 7.16. The summed E-state index contributed by atoms with van der Waals surface area (Å²) in [6, 6.07) is 3.96. The molecule has 0 amide bonds. The minimum absolute atomic E-state index is 0.612. The Bertz CT molecular complexity index is 476. The van der Waals surface area contributed by atoms with Crippen molar-refractivity contribution < 1.29 is 0 Å². The third-order valence-electron chi connectivity index (χ3n) is 2.33. The molecular weight excluding hydrogens is 254 g/mol. The number of halogens is 1. The average molecular weight is 270 g/mol. The minimum Gasteiger partial charge on any atom is -0.351 e. The Morgan fingerprint density at radius 1 is 1.47 bits per heavy atom. The molecule has 17 heavy (non-hydrogen) atoms. The minimum atomic E-state index is 0.612. The normalized spacial score (nSPS) is 11.1. The van der Waals surface area contributed by atoms with E-state index in [4.69, 9.17) is 11.6 Å². The Labute approximate surface area is 110 Å². The molecule has 5 heteroatoms. The Hall–Kier alpha value is -1.000. The third-order valence-corrected chi connectivity index (χ3v) is 3.56. The summed E-state index contributed by atoms with van der Waals surface area (Å²) >= 11 is 7.49. The summed E-state index contributed by atoms with van der Waals surface area (Å²) in [6.07, 6.45) is 3.83. The lowest BCUT2D eigenvalue weighted by Crippen LogP contribution is -2.09. The fraction of sp³-hybridized carbons (Fsp3) is 0.417. The van der Waals surface area contributed by atoms with Gasteiger partial charge < -0.3 is 9.88 Å². The number of nitrogens with one attached hydrogen (secondary N) is 1. The van der Waals surface area contributed by atoms with Crippen molar-refractivity contribution in [2.24, 2.45) is 5.92 Å². The van der Waals surface area contributed by atoms with Gasteiger partial charge in [0.1, 0.15) is 0 Å². The molecule has 0 aromatic carbocycles. The molecule has 3 nitrogen and oxygen atoms in total. The maximum absolute atomic E-state index is 5.89. The quantitative estimate of drug-likeness (QED) is 0.893. The molecule has 92 valence electrons. The Morgan fingerprint density at radius 2 is 2.29 bits per heavy atom. The van der Waals surface area contributed by atoms with Crippen molar-refractivity contribution in [2.45, 2.75) is 26.9 Å². The van der Waals surface area contributed by atoms with Crippen molar-refractivity contribution in [3.05, 3.63) is 33.7 Å². The summed E-state index contributed by atoms with van der Waals surface area (Å²) in [7, 11) is 0. The second-order valence-corrected chi connectivity index (χ2v) is 6.16. The molecule has 2 rings (SSSR count). The molecule has 0 bridgehead atoms. The largest absolute Gasteiger partial charge is 0.351 e. The van der Waals surface area contributed by atoms with Crippen molar-refractivity contribution in [1.29, 1.82) is 0 Å². The smallest absolute Gasteiger partial charge is 0.203 e. The van der Waals surface area contributed by atoms with Crippen LogP contribution in [0.4, 0.5) is 5.95 Å². The van der Waals surface area contributed by atoms with Crippen LogP contribution in [0.25, 0.3) is 0 Å². The van der Waals surface area contributed by atoms with Crippen LogP contribution in [0, 0.1) is 5.92 Å². The standard InChI is InChI=1S/C12H16ClN3S/c1-9(2)8-16-6-5-14-12(16)15-7-10-3-4-11(13)17-10/h3-6,9H,7-8H2,1-2H3,(H,14,15). The van der Waals surface area contributed by atoms with E-state index in [0.717, 1.165) is 23.4 Å². The first-order valence-electron chi connectivity index (χ1n) is 5.64. The molecule has 2 aromatic heterocycles. The van der Waals surface area contributed by atoms with E-state index in [-0.39, 0.29) is 0 Å². The molecule has 0 aliphatic rings. The van der Waals surface area contributed by atoms with Crippen LogP contribution < -0.4 is 5.32 Å². The van der Waals surface area contributed by atoms with Crippen LogP contribution in [0.5, 0.6) is 0 Å². The Kier molecular flexibility index (Phi) is 4.07. The van der Waals surface area contributed by atoms with E-state index in [2.05, 4.69) is 28.7 Å². The average Bonchev–Trinajstić information content (AvgIpc) is 2.84. The van der Waals surface area contributed by atoms with E-state index in [9.17, 15) is 0 Å². The number of nitrogens with zero attached hydrogens (tertiary/aromatic N) is 2. The molecule has 0 atom stereocenters. The van der Waals surface area contributed by atoms with Crippen LogP contribution in [0.1, 0.15) is 18.7 Å². The Morgan fingerprint density at radius 3 is 2.94 bits per heavy atom. The number of hydrogen-bond donors (Lipinski definition) is 1. The molecular formula is C12H16ClN3S. The molecule has 0 fully saturated rings. The predicted octanol–water partition coefficient (Wildman–Crippen LogP) is 3.87. The van der Waals surface area contributed by atoms with Crippen LogP contribution in [-0.4, -0.2) is 9.55 Å². The van der Waals surface area contributed by atoms with Crippen molar-refractivity contribution in [3.63, 3.8) is 0 Å². The van der Waals surface area contributed by atoms with Gasteiger partial charge in [-0.3, -0.25) is 0 Å². The van der Waals surface area contributed by atoms with Gasteiger partial charge in [0.2, 0.25) is 5.95 Å². The van der Waals surface area contributed by atoms with Crippen molar-refractivity contribution in [2.75, 3.05) is 5.32 Å². The number of rotatable bonds is 5. The van der Waals surface area contributed by atoms with Gasteiger partial charge in [0, 0.05) is 23.8 Å². The number of hydrogen-bond acceptors (Lipinski definition) is 3. The van der Waals surface area contributed by atoms with Crippen LogP contribution in [-0.2, 0) is 13.1 Å². The van der Waals surface area contributed by atoms with Crippen LogP contribution in [0.2, 0.25) is 4.34 Å². The van der Waals surface area contributed by atoms with E-state index in [1.807, 2.05) is 24.5 Å². The van der Waals surface area contributed by atoms with E-state index in [1.54, 1.807) is 11.3 Å². The van der Waals surface area contributed by atoms with Gasteiger partial charge >= 0.3 is 0 Å². The highest BCUT2D eigenvalue weighted by Gasteiger charge is 2.05. The van der Waals surface area contributed by atoms with E-state index in [1.165, 1.54) is 4.88 Å². The predicted molar refractivity (Wildman–Crippen MR) is 73.7 cm³/mol. The van der Waals surface area contributed by atoms with E-state index < -0.39 is 0 Å².